The monoisotopic (exact) mass is 450 g/mol. The van der Waals surface area contributed by atoms with Crippen molar-refractivity contribution in [3.8, 4) is 17.1 Å². The zero-order valence-corrected chi connectivity index (χ0v) is 19.5. The molecule has 0 N–H and O–H groups in total. The quantitative estimate of drug-likeness (QED) is 0.251. The highest BCUT2D eigenvalue weighted by Crippen LogP contribution is 2.50. The summed E-state index contributed by atoms with van der Waals surface area (Å²) in [7, 11) is 0. The molecule has 3 nitrogen and oxygen atoms in total. The van der Waals surface area contributed by atoms with E-state index in [0.29, 0.717) is 6.01 Å². The number of benzene rings is 5. The van der Waals surface area contributed by atoms with Crippen LogP contribution in [-0.4, -0.2) is 9.55 Å². The number of fused-ring (bicyclic) bond motifs is 8. The van der Waals surface area contributed by atoms with Gasteiger partial charge in [0.05, 0.1) is 11.0 Å². The van der Waals surface area contributed by atoms with Crippen LogP contribution in [0.3, 0.4) is 0 Å². The summed E-state index contributed by atoms with van der Waals surface area (Å²) in [6.07, 6.45) is 0. The van der Waals surface area contributed by atoms with Crippen molar-refractivity contribution in [2.24, 2.45) is 0 Å². The molecule has 0 saturated carbocycles. The Bertz CT molecular complexity index is 1950. The van der Waals surface area contributed by atoms with Gasteiger partial charge in [0.15, 0.2) is 5.58 Å². The van der Waals surface area contributed by atoms with Crippen molar-refractivity contribution in [3.63, 3.8) is 0 Å². The second-order valence-electron chi connectivity index (χ2n) is 10.1. The van der Waals surface area contributed by atoms with Gasteiger partial charge in [0, 0.05) is 16.2 Å². The summed E-state index contributed by atoms with van der Waals surface area (Å²) < 4.78 is 8.41. The van der Waals surface area contributed by atoms with Gasteiger partial charge in [-0.25, -0.2) is 0 Å². The molecule has 0 fully saturated rings. The molecular formula is C32H22N2O. The Balaban J connectivity index is 1.48. The average Bonchev–Trinajstić information content (AvgIpc) is 3.51. The Labute approximate surface area is 202 Å². The summed E-state index contributed by atoms with van der Waals surface area (Å²) >= 11 is 0. The molecular weight excluding hydrogens is 428 g/mol. The highest BCUT2D eigenvalue weighted by atomic mass is 16.4. The Morgan fingerprint density at radius 3 is 2.34 bits per heavy atom. The van der Waals surface area contributed by atoms with Gasteiger partial charge in [-0.1, -0.05) is 68.4 Å². The van der Waals surface area contributed by atoms with E-state index < -0.39 is 0 Å². The molecule has 8 rings (SSSR count). The minimum absolute atomic E-state index is 0.0257. The van der Waals surface area contributed by atoms with Crippen LogP contribution in [0, 0.1) is 0 Å². The van der Waals surface area contributed by atoms with Crippen LogP contribution >= 0.6 is 0 Å². The average molecular weight is 451 g/mol. The van der Waals surface area contributed by atoms with E-state index in [2.05, 4.69) is 91.2 Å². The third-order valence-electron chi connectivity index (χ3n) is 7.81. The predicted octanol–water partition coefficient (Wildman–Crippen LogP) is 8.38. The smallest absolute Gasteiger partial charge is 0.307 e. The van der Waals surface area contributed by atoms with Crippen molar-refractivity contribution in [1.29, 1.82) is 0 Å². The second-order valence-corrected chi connectivity index (χ2v) is 10.1. The van der Waals surface area contributed by atoms with Crippen molar-refractivity contribution < 1.29 is 4.42 Å². The van der Waals surface area contributed by atoms with Crippen molar-refractivity contribution in [1.82, 2.24) is 9.55 Å². The zero-order chi connectivity index (χ0) is 23.3. The van der Waals surface area contributed by atoms with Crippen LogP contribution in [0.15, 0.2) is 101 Å². The van der Waals surface area contributed by atoms with Crippen LogP contribution in [0.2, 0.25) is 0 Å². The van der Waals surface area contributed by atoms with Crippen molar-refractivity contribution in [2.45, 2.75) is 19.3 Å². The van der Waals surface area contributed by atoms with Crippen molar-refractivity contribution in [2.75, 3.05) is 0 Å². The van der Waals surface area contributed by atoms with Gasteiger partial charge < -0.3 is 4.42 Å². The largest absolute Gasteiger partial charge is 0.423 e. The van der Waals surface area contributed by atoms with Crippen molar-refractivity contribution in [3.05, 3.63) is 108 Å². The first kappa shape index (κ1) is 19.0. The van der Waals surface area contributed by atoms with Gasteiger partial charge in [-0.3, -0.25) is 4.57 Å². The van der Waals surface area contributed by atoms with E-state index in [-0.39, 0.29) is 5.41 Å². The molecule has 0 aliphatic heterocycles. The molecule has 3 heteroatoms. The SMILES string of the molecule is CC1(C)c2ccccc2-c2cc3cc4c5ccccc5n(-c5nc6ccccc6o5)c4cc3cc21. The van der Waals surface area contributed by atoms with E-state index >= 15 is 0 Å². The predicted molar refractivity (Wildman–Crippen MR) is 143 cm³/mol. The number of nitrogens with zero attached hydrogens (tertiary/aromatic N) is 2. The van der Waals surface area contributed by atoms with Crippen LogP contribution in [0.1, 0.15) is 25.0 Å². The fourth-order valence-corrected chi connectivity index (χ4v) is 6.07. The maximum Gasteiger partial charge on any atom is 0.307 e. The number of para-hydroxylation sites is 3. The van der Waals surface area contributed by atoms with Crippen LogP contribution in [0.25, 0.3) is 60.8 Å². The van der Waals surface area contributed by atoms with Gasteiger partial charge in [0.25, 0.3) is 0 Å². The summed E-state index contributed by atoms with van der Waals surface area (Å²) in [5.41, 5.74) is 9.33. The van der Waals surface area contributed by atoms with Crippen LogP contribution in [0.5, 0.6) is 0 Å². The molecule has 0 spiro atoms. The lowest BCUT2D eigenvalue weighted by atomic mass is 9.82. The van der Waals surface area contributed by atoms with Crippen LogP contribution < -0.4 is 0 Å². The molecule has 166 valence electrons. The minimum atomic E-state index is -0.0257. The highest BCUT2D eigenvalue weighted by Gasteiger charge is 2.35. The molecule has 0 amide bonds. The fourth-order valence-electron chi connectivity index (χ4n) is 6.07. The Morgan fingerprint density at radius 1 is 0.657 bits per heavy atom. The van der Waals surface area contributed by atoms with Gasteiger partial charge in [0.2, 0.25) is 0 Å². The number of aromatic nitrogens is 2. The molecule has 2 aromatic heterocycles. The Hall–Kier alpha value is -4.37. The number of hydrogen-bond donors (Lipinski definition) is 0. The van der Waals surface area contributed by atoms with E-state index in [0.717, 1.165) is 22.1 Å². The lowest BCUT2D eigenvalue weighted by Crippen LogP contribution is -2.14. The van der Waals surface area contributed by atoms with Gasteiger partial charge >= 0.3 is 6.01 Å². The molecule has 35 heavy (non-hydrogen) atoms. The summed E-state index contributed by atoms with van der Waals surface area (Å²) in [4.78, 5) is 4.84. The van der Waals surface area contributed by atoms with Crippen molar-refractivity contribution >= 4 is 43.7 Å². The molecule has 7 aromatic rings. The first-order valence-corrected chi connectivity index (χ1v) is 12.1. The van der Waals surface area contributed by atoms with E-state index in [9.17, 15) is 0 Å². The summed E-state index contributed by atoms with van der Waals surface area (Å²) in [6.45, 7) is 4.66. The lowest BCUT2D eigenvalue weighted by molar-refractivity contribution is 0.574. The maximum absolute atomic E-state index is 6.24. The molecule has 0 unspecified atom stereocenters. The summed E-state index contributed by atoms with van der Waals surface area (Å²) in [5.74, 6) is 0. The van der Waals surface area contributed by atoms with Crippen LogP contribution in [0.4, 0.5) is 0 Å². The number of rotatable bonds is 1. The lowest BCUT2D eigenvalue weighted by Gasteiger charge is -2.21. The fraction of sp³-hybridized carbons (Fsp3) is 0.0938. The van der Waals surface area contributed by atoms with Crippen LogP contribution in [-0.2, 0) is 5.41 Å². The molecule has 1 aliphatic rings. The molecule has 2 heterocycles. The Morgan fingerprint density at radius 2 is 1.43 bits per heavy atom. The molecule has 0 radical (unpaired) electrons. The summed E-state index contributed by atoms with van der Waals surface area (Å²) in [5, 5.41) is 4.90. The summed E-state index contributed by atoms with van der Waals surface area (Å²) in [6, 6.07) is 35.3. The molecule has 0 saturated heterocycles. The Kier molecular flexibility index (Phi) is 3.47. The standard InChI is InChI=1S/C32H22N2O/c1-32(2)25-11-5-3-9-21(25)23-15-19-16-24-22-10-4-7-13-28(22)34(29(24)18-20(19)17-26(23)32)31-33-27-12-6-8-14-30(27)35-31/h3-18H,1-2H3. The third-order valence-corrected chi connectivity index (χ3v) is 7.81. The molecule has 1 aliphatic carbocycles. The van der Waals surface area contributed by atoms with E-state index in [4.69, 9.17) is 9.40 Å². The zero-order valence-electron chi connectivity index (χ0n) is 19.5. The molecule has 5 aromatic carbocycles. The topological polar surface area (TPSA) is 31.0 Å². The molecule has 0 bridgehead atoms. The highest BCUT2D eigenvalue weighted by molar-refractivity contribution is 6.14. The van der Waals surface area contributed by atoms with E-state index in [1.54, 1.807) is 0 Å². The van der Waals surface area contributed by atoms with E-state index in [1.165, 1.54) is 43.8 Å². The third kappa shape index (κ3) is 2.42. The van der Waals surface area contributed by atoms with Gasteiger partial charge in [-0.15, -0.1) is 0 Å². The van der Waals surface area contributed by atoms with Gasteiger partial charge in [-0.05, 0) is 75.5 Å². The normalized spacial score (nSPS) is 14.2. The number of oxazole rings is 1. The first-order chi connectivity index (χ1) is 17.1. The molecule has 0 atom stereocenters. The van der Waals surface area contributed by atoms with E-state index in [1.807, 2.05) is 24.3 Å². The van der Waals surface area contributed by atoms with Gasteiger partial charge in [-0.2, -0.15) is 4.98 Å². The minimum Gasteiger partial charge on any atom is -0.423 e. The first-order valence-electron chi connectivity index (χ1n) is 12.1. The van der Waals surface area contributed by atoms with Gasteiger partial charge in [0.1, 0.15) is 5.52 Å². The maximum atomic E-state index is 6.24. The second kappa shape index (κ2) is 6.39. The number of hydrogen-bond acceptors (Lipinski definition) is 2.